The number of para-hydroxylation sites is 1. The zero-order chi connectivity index (χ0) is 16.9. The maximum atomic E-state index is 12.1. The topological polar surface area (TPSA) is 62.2 Å². The summed E-state index contributed by atoms with van der Waals surface area (Å²) in [7, 11) is 0. The van der Waals surface area contributed by atoms with E-state index in [0.29, 0.717) is 0 Å². The second-order valence-corrected chi connectivity index (χ2v) is 6.91. The Morgan fingerprint density at radius 3 is 2.74 bits per heavy atom. The Morgan fingerprint density at radius 1 is 1.30 bits per heavy atom. The molecule has 0 radical (unpaired) electrons. The monoisotopic (exact) mass is 312 g/mol. The molecule has 1 unspecified atom stereocenters. The number of aliphatic hydroxyl groups excluding tert-OH is 1. The van der Waals surface area contributed by atoms with E-state index in [0.717, 1.165) is 22.9 Å². The molecule has 1 aromatic carbocycles. The highest BCUT2D eigenvalue weighted by Gasteiger charge is 2.18. The molecule has 2 rings (SSSR count). The summed E-state index contributed by atoms with van der Waals surface area (Å²) < 4.78 is 0. The molecular formula is C19H24N2O2. The molecule has 0 bridgehead atoms. The van der Waals surface area contributed by atoms with Crippen molar-refractivity contribution in [2.75, 3.05) is 6.61 Å². The first-order chi connectivity index (χ1) is 10.9. The second kappa shape index (κ2) is 7.38. The third-order valence-electron chi connectivity index (χ3n) is 3.50. The van der Waals surface area contributed by atoms with Gasteiger partial charge in [-0.25, -0.2) is 0 Å². The van der Waals surface area contributed by atoms with Crippen molar-refractivity contribution in [3.05, 3.63) is 48.2 Å². The highest BCUT2D eigenvalue weighted by Crippen LogP contribution is 2.21. The second-order valence-electron chi connectivity index (χ2n) is 6.91. The normalized spacial score (nSPS) is 13.4. The smallest absolute Gasteiger partial charge is 0.244 e. The number of carbonyl (C=O) groups is 1. The van der Waals surface area contributed by atoms with Crippen molar-refractivity contribution in [1.29, 1.82) is 0 Å². The zero-order valence-electron chi connectivity index (χ0n) is 13.9. The molecule has 1 aromatic heterocycles. The maximum Gasteiger partial charge on any atom is 0.244 e. The van der Waals surface area contributed by atoms with E-state index in [1.54, 1.807) is 12.3 Å². The van der Waals surface area contributed by atoms with Crippen LogP contribution in [0.5, 0.6) is 0 Å². The van der Waals surface area contributed by atoms with Crippen molar-refractivity contribution >= 4 is 22.9 Å². The predicted molar refractivity (Wildman–Crippen MR) is 93.9 cm³/mol. The van der Waals surface area contributed by atoms with Gasteiger partial charge in [-0.05, 0) is 24.0 Å². The van der Waals surface area contributed by atoms with Crippen LogP contribution in [0.2, 0.25) is 0 Å². The maximum absolute atomic E-state index is 12.1. The van der Waals surface area contributed by atoms with Crippen LogP contribution in [0.4, 0.5) is 0 Å². The molecule has 0 spiro atoms. The van der Waals surface area contributed by atoms with E-state index in [4.69, 9.17) is 0 Å². The highest BCUT2D eigenvalue weighted by molar-refractivity contribution is 5.95. The van der Waals surface area contributed by atoms with Crippen molar-refractivity contribution in [2.24, 2.45) is 5.41 Å². The quantitative estimate of drug-likeness (QED) is 0.834. The molecule has 0 aliphatic heterocycles. The number of rotatable bonds is 5. The molecule has 0 fully saturated rings. The predicted octanol–water partition coefficient (Wildman–Crippen LogP) is 3.16. The van der Waals surface area contributed by atoms with Gasteiger partial charge in [0.1, 0.15) is 0 Å². The number of carbonyl (C=O) groups excluding carboxylic acids is 1. The Hall–Kier alpha value is -2.20. The highest BCUT2D eigenvalue weighted by atomic mass is 16.3. The fourth-order valence-corrected chi connectivity index (χ4v) is 2.58. The molecule has 4 heteroatoms. The van der Waals surface area contributed by atoms with Crippen LogP contribution in [-0.2, 0) is 4.79 Å². The van der Waals surface area contributed by atoms with Gasteiger partial charge in [-0.1, -0.05) is 45.0 Å². The van der Waals surface area contributed by atoms with Crippen molar-refractivity contribution in [2.45, 2.75) is 33.2 Å². The van der Waals surface area contributed by atoms with Gasteiger partial charge in [0.15, 0.2) is 0 Å². The SMILES string of the molecule is CC(C)(C)CC(CO)NC(=O)/C=C/c1cccc2cccnc12. The van der Waals surface area contributed by atoms with Crippen LogP contribution in [0.3, 0.4) is 0 Å². The first-order valence-electron chi connectivity index (χ1n) is 7.82. The molecule has 23 heavy (non-hydrogen) atoms. The van der Waals surface area contributed by atoms with E-state index < -0.39 is 0 Å². The molecule has 2 N–H and O–H groups in total. The Morgan fingerprint density at radius 2 is 2.04 bits per heavy atom. The largest absolute Gasteiger partial charge is 0.394 e. The molecule has 122 valence electrons. The Labute approximate surface area is 137 Å². The van der Waals surface area contributed by atoms with E-state index in [2.05, 4.69) is 31.1 Å². The van der Waals surface area contributed by atoms with Gasteiger partial charge >= 0.3 is 0 Å². The Bertz CT molecular complexity index is 697. The molecule has 0 saturated carbocycles. The number of pyridine rings is 1. The van der Waals surface area contributed by atoms with Gasteiger partial charge in [-0.2, -0.15) is 0 Å². The van der Waals surface area contributed by atoms with Crippen molar-refractivity contribution < 1.29 is 9.90 Å². The van der Waals surface area contributed by atoms with Crippen LogP contribution < -0.4 is 5.32 Å². The molecular weight excluding hydrogens is 288 g/mol. The standard InChI is InChI=1S/C19H24N2O2/c1-19(2,3)12-16(13-22)21-17(23)10-9-15-7-4-6-14-8-5-11-20-18(14)15/h4-11,16,22H,12-13H2,1-3H3,(H,21,23)/b10-9+. The lowest BCUT2D eigenvalue weighted by Gasteiger charge is -2.24. The Kier molecular flexibility index (Phi) is 5.50. The summed E-state index contributed by atoms with van der Waals surface area (Å²) in [6.45, 7) is 6.19. The van der Waals surface area contributed by atoms with E-state index >= 15 is 0 Å². The minimum Gasteiger partial charge on any atom is -0.394 e. The average molecular weight is 312 g/mol. The molecule has 4 nitrogen and oxygen atoms in total. The Balaban J connectivity index is 2.08. The third kappa shape index (κ3) is 5.18. The number of hydrogen-bond acceptors (Lipinski definition) is 3. The summed E-state index contributed by atoms with van der Waals surface area (Å²) in [4.78, 5) is 16.4. The minimum absolute atomic E-state index is 0.0456. The van der Waals surface area contributed by atoms with Crippen LogP contribution in [0, 0.1) is 5.41 Å². The summed E-state index contributed by atoms with van der Waals surface area (Å²) in [6, 6.07) is 9.50. The number of hydrogen-bond donors (Lipinski definition) is 2. The first kappa shape index (κ1) is 17.2. The van der Waals surface area contributed by atoms with Gasteiger partial charge in [-0.15, -0.1) is 0 Å². The molecule has 1 atom stereocenters. The number of aromatic nitrogens is 1. The fourth-order valence-electron chi connectivity index (χ4n) is 2.58. The van der Waals surface area contributed by atoms with Crippen molar-refractivity contribution in [3.8, 4) is 0 Å². The van der Waals surface area contributed by atoms with Crippen LogP contribution >= 0.6 is 0 Å². The van der Waals surface area contributed by atoms with E-state index in [1.165, 1.54) is 6.08 Å². The van der Waals surface area contributed by atoms with Gasteiger partial charge in [0, 0.05) is 23.2 Å². The number of aliphatic hydroxyl groups is 1. The fraction of sp³-hybridized carbons (Fsp3) is 0.368. The first-order valence-corrected chi connectivity index (χ1v) is 7.82. The molecule has 0 aliphatic rings. The third-order valence-corrected chi connectivity index (χ3v) is 3.50. The molecule has 2 aromatic rings. The van der Waals surface area contributed by atoms with Crippen LogP contribution in [-0.4, -0.2) is 28.6 Å². The molecule has 1 amide bonds. The lowest BCUT2D eigenvalue weighted by molar-refractivity contribution is -0.117. The van der Waals surface area contributed by atoms with E-state index in [1.807, 2.05) is 30.3 Å². The summed E-state index contributed by atoms with van der Waals surface area (Å²) >= 11 is 0. The number of amides is 1. The number of fused-ring (bicyclic) bond motifs is 1. The summed E-state index contributed by atoms with van der Waals surface area (Å²) in [5.41, 5.74) is 1.81. The number of benzene rings is 1. The van der Waals surface area contributed by atoms with Crippen molar-refractivity contribution in [3.63, 3.8) is 0 Å². The van der Waals surface area contributed by atoms with Gasteiger partial charge in [-0.3, -0.25) is 9.78 Å². The summed E-state index contributed by atoms with van der Waals surface area (Å²) in [6.07, 6.45) is 5.72. The van der Waals surface area contributed by atoms with Gasteiger partial charge < -0.3 is 10.4 Å². The van der Waals surface area contributed by atoms with Crippen LogP contribution in [0.15, 0.2) is 42.6 Å². The average Bonchev–Trinajstić information content (AvgIpc) is 2.51. The van der Waals surface area contributed by atoms with E-state index in [-0.39, 0.29) is 24.0 Å². The zero-order valence-corrected chi connectivity index (χ0v) is 13.9. The molecule has 1 heterocycles. The van der Waals surface area contributed by atoms with Gasteiger partial charge in [0.25, 0.3) is 0 Å². The van der Waals surface area contributed by atoms with Crippen LogP contribution in [0.25, 0.3) is 17.0 Å². The van der Waals surface area contributed by atoms with Crippen molar-refractivity contribution in [1.82, 2.24) is 10.3 Å². The van der Waals surface area contributed by atoms with Gasteiger partial charge in [0.2, 0.25) is 5.91 Å². The van der Waals surface area contributed by atoms with Crippen LogP contribution in [0.1, 0.15) is 32.8 Å². The van der Waals surface area contributed by atoms with E-state index in [9.17, 15) is 9.90 Å². The van der Waals surface area contributed by atoms with Gasteiger partial charge in [0.05, 0.1) is 18.2 Å². The summed E-state index contributed by atoms with van der Waals surface area (Å²) in [5, 5.41) is 13.3. The summed E-state index contributed by atoms with van der Waals surface area (Å²) in [5.74, 6) is -0.207. The molecule has 0 saturated heterocycles. The number of nitrogens with zero attached hydrogens (tertiary/aromatic N) is 1. The lowest BCUT2D eigenvalue weighted by Crippen LogP contribution is -2.39. The lowest BCUT2D eigenvalue weighted by atomic mass is 9.88. The minimum atomic E-state index is -0.238. The number of nitrogens with one attached hydrogen (secondary N) is 1. The molecule has 0 aliphatic carbocycles.